The number of likely N-dealkylation sites (N-methyl/N-ethyl adjacent to an activating group) is 1. The van der Waals surface area contributed by atoms with Gasteiger partial charge < -0.3 is 25.6 Å². The first-order chi connectivity index (χ1) is 15.4. The minimum atomic E-state index is -1.82. The summed E-state index contributed by atoms with van der Waals surface area (Å²) < 4.78 is 6.72. The molecule has 0 aliphatic carbocycles. The molecule has 0 bridgehead atoms. The lowest BCUT2D eigenvalue weighted by Crippen LogP contribution is -2.36. The number of halogens is 2. The molecule has 0 saturated carbocycles. The summed E-state index contributed by atoms with van der Waals surface area (Å²) in [6.45, 7) is 2.13. The predicted molar refractivity (Wildman–Crippen MR) is 130 cm³/mol. The fraction of sp³-hybridized carbons (Fsp3) is 0.238. The molecular formula is C21H23Br2N3O7. The molecule has 2 amide bonds. The Bertz CT molecular complexity index is 996. The van der Waals surface area contributed by atoms with Crippen molar-refractivity contribution in [2.45, 2.75) is 6.92 Å². The van der Waals surface area contributed by atoms with Gasteiger partial charge in [-0.1, -0.05) is 6.07 Å². The quantitative estimate of drug-likeness (QED) is 0.361. The van der Waals surface area contributed by atoms with Crippen molar-refractivity contribution in [1.29, 1.82) is 0 Å². The average molecular weight is 589 g/mol. The van der Waals surface area contributed by atoms with E-state index in [-0.39, 0.29) is 24.9 Å². The number of carboxylic acids is 2. The third kappa shape index (κ3) is 10.5. The number of amides is 2. The molecule has 0 atom stereocenters. The summed E-state index contributed by atoms with van der Waals surface area (Å²) in [7, 11) is 3.28. The van der Waals surface area contributed by atoms with Crippen LogP contribution in [0.25, 0.3) is 0 Å². The largest absolute Gasteiger partial charge is 0.497 e. The lowest BCUT2D eigenvalue weighted by Gasteiger charge is -2.17. The van der Waals surface area contributed by atoms with Crippen LogP contribution < -0.4 is 15.4 Å². The van der Waals surface area contributed by atoms with E-state index in [1.165, 1.54) is 0 Å². The van der Waals surface area contributed by atoms with Crippen molar-refractivity contribution in [1.82, 2.24) is 4.90 Å². The number of ether oxygens (including phenoxy) is 1. The molecule has 2 aromatic rings. The van der Waals surface area contributed by atoms with Crippen LogP contribution in [0.2, 0.25) is 0 Å². The molecule has 0 aromatic heterocycles. The van der Waals surface area contributed by atoms with E-state index in [1.807, 2.05) is 19.1 Å². The Kier molecular flexibility index (Phi) is 11.5. The van der Waals surface area contributed by atoms with Crippen LogP contribution >= 0.6 is 31.9 Å². The van der Waals surface area contributed by atoms with Crippen LogP contribution in [-0.4, -0.2) is 66.1 Å². The number of carbonyl (C=O) groups is 4. The van der Waals surface area contributed by atoms with E-state index >= 15 is 0 Å². The van der Waals surface area contributed by atoms with Crippen LogP contribution in [0.1, 0.15) is 5.56 Å². The highest BCUT2D eigenvalue weighted by Crippen LogP contribution is 2.32. The SMILES string of the molecule is COc1cccc(NC(=O)CN(C)CC(=O)Nc2c(Br)cc(C)cc2Br)c1.O=C(O)C(=O)O. The highest BCUT2D eigenvalue weighted by atomic mass is 79.9. The smallest absolute Gasteiger partial charge is 0.414 e. The molecule has 0 fully saturated rings. The van der Waals surface area contributed by atoms with Crippen molar-refractivity contribution >= 4 is 67.0 Å². The monoisotopic (exact) mass is 587 g/mol. The van der Waals surface area contributed by atoms with Crippen molar-refractivity contribution in [3.63, 3.8) is 0 Å². The Morgan fingerprint density at radius 2 is 1.45 bits per heavy atom. The summed E-state index contributed by atoms with van der Waals surface area (Å²) in [5, 5.41) is 20.4. The van der Waals surface area contributed by atoms with Gasteiger partial charge in [-0.15, -0.1) is 0 Å². The molecular weight excluding hydrogens is 566 g/mol. The lowest BCUT2D eigenvalue weighted by atomic mass is 10.2. The number of aryl methyl sites for hydroxylation is 1. The Morgan fingerprint density at radius 1 is 0.939 bits per heavy atom. The predicted octanol–water partition coefficient (Wildman–Crippen LogP) is 3.19. The molecule has 0 radical (unpaired) electrons. The summed E-state index contributed by atoms with van der Waals surface area (Å²) in [6.07, 6.45) is 0. The topological polar surface area (TPSA) is 145 Å². The van der Waals surface area contributed by atoms with Gasteiger partial charge >= 0.3 is 11.9 Å². The highest BCUT2D eigenvalue weighted by molar-refractivity contribution is 9.11. The van der Waals surface area contributed by atoms with Crippen molar-refractivity contribution in [3.05, 3.63) is 50.9 Å². The van der Waals surface area contributed by atoms with E-state index in [9.17, 15) is 9.59 Å². The van der Waals surface area contributed by atoms with E-state index in [4.69, 9.17) is 24.5 Å². The second kappa shape index (κ2) is 13.6. The van der Waals surface area contributed by atoms with Crippen molar-refractivity contribution in [3.8, 4) is 5.75 Å². The Labute approximate surface area is 207 Å². The van der Waals surface area contributed by atoms with Gasteiger partial charge in [0.1, 0.15) is 5.75 Å². The van der Waals surface area contributed by atoms with Crippen molar-refractivity contribution < 1.29 is 34.1 Å². The van der Waals surface area contributed by atoms with E-state index in [2.05, 4.69) is 42.5 Å². The van der Waals surface area contributed by atoms with Crippen LogP contribution in [0, 0.1) is 6.92 Å². The number of aliphatic carboxylic acids is 2. The average Bonchev–Trinajstić information content (AvgIpc) is 2.70. The Morgan fingerprint density at radius 3 is 1.94 bits per heavy atom. The van der Waals surface area contributed by atoms with E-state index in [0.29, 0.717) is 17.1 Å². The van der Waals surface area contributed by atoms with Crippen molar-refractivity contribution in [2.24, 2.45) is 0 Å². The Hall–Kier alpha value is -2.96. The first kappa shape index (κ1) is 28.1. The van der Waals surface area contributed by atoms with Gasteiger partial charge in [0.2, 0.25) is 11.8 Å². The first-order valence-corrected chi connectivity index (χ1v) is 10.9. The van der Waals surface area contributed by atoms with Gasteiger partial charge in [0, 0.05) is 20.7 Å². The number of methoxy groups -OCH3 is 1. The zero-order valence-corrected chi connectivity index (χ0v) is 21.2. The van der Waals surface area contributed by atoms with Gasteiger partial charge in [-0.05, 0) is 75.7 Å². The second-order valence-corrected chi connectivity index (χ2v) is 8.42. The molecule has 0 aliphatic rings. The number of nitrogens with zero attached hydrogens (tertiary/aromatic N) is 1. The van der Waals surface area contributed by atoms with E-state index in [1.54, 1.807) is 43.3 Å². The molecule has 2 rings (SSSR count). The van der Waals surface area contributed by atoms with Gasteiger partial charge in [0.05, 0.1) is 25.9 Å². The number of benzene rings is 2. The highest BCUT2D eigenvalue weighted by Gasteiger charge is 2.14. The first-order valence-electron chi connectivity index (χ1n) is 9.27. The molecule has 10 nitrogen and oxygen atoms in total. The van der Waals surface area contributed by atoms with Gasteiger partial charge in [-0.2, -0.15) is 0 Å². The Balaban J connectivity index is 0.000000801. The minimum absolute atomic E-state index is 0.0816. The maximum Gasteiger partial charge on any atom is 0.414 e. The van der Waals surface area contributed by atoms with Crippen LogP contribution in [-0.2, 0) is 19.2 Å². The maximum atomic E-state index is 12.3. The zero-order valence-electron chi connectivity index (χ0n) is 18.0. The number of carboxylic acid groups (broad SMARTS) is 2. The van der Waals surface area contributed by atoms with Crippen molar-refractivity contribution in [2.75, 3.05) is 37.9 Å². The number of hydrogen-bond donors (Lipinski definition) is 4. The summed E-state index contributed by atoms with van der Waals surface area (Å²) in [4.78, 5) is 44.3. The molecule has 0 heterocycles. The van der Waals surface area contributed by atoms with E-state index < -0.39 is 11.9 Å². The fourth-order valence-electron chi connectivity index (χ4n) is 2.45. The van der Waals surface area contributed by atoms with Gasteiger partial charge in [-0.3, -0.25) is 14.5 Å². The summed E-state index contributed by atoms with van der Waals surface area (Å²) >= 11 is 6.90. The lowest BCUT2D eigenvalue weighted by molar-refractivity contribution is -0.159. The molecule has 12 heteroatoms. The minimum Gasteiger partial charge on any atom is -0.497 e. The molecule has 33 heavy (non-hydrogen) atoms. The molecule has 2 aromatic carbocycles. The van der Waals surface area contributed by atoms with Crippen LogP contribution in [0.3, 0.4) is 0 Å². The second-order valence-electron chi connectivity index (χ2n) is 6.71. The summed E-state index contributed by atoms with van der Waals surface area (Å²) in [5.41, 5.74) is 2.38. The molecule has 0 spiro atoms. The molecule has 0 aliphatic heterocycles. The van der Waals surface area contributed by atoms with Crippen LogP contribution in [0.15, 0.2) is 45.3 Å². The fourth-order valence-corrected chi connectivity index (χ4v) is 4.06. The van der Waals surface area contributed by atoms with Gasteiger partial charge in [0.25, 0.3) is 0 Å². The third-order valence-corrected chi connectivity index (χ3v) is 5.07. The molecule has 0 saturated heterocycles. The van der Waals surface area contributed by atoms with Crippen LogP contribution in [0.5, 0.6) is 5.75 Å². The number of anilines is 2. The molecule has 178 valence electrons. The van der Waals surface area contributed by atoms with Gasteiger partial charge in [-0.25, -0.2) is 9.59 Å². The van der Waals surface area contributed by atoms with Gasteiger partial charge in [0.15, 0.2) is 0 Å². The number of rotatable bonds is 7. The maximum absolute atomic E-state index is 12.3. The number of nitrogens with one attached hydrogen (secondary N) is 2. The number of hydrogen-bond acceptors (Lipinski definition) is 6. The number of carbonyl (C=O) groups excluding carboxylic acids is 2. The summed E-state index contributed by atoms with van der Waals surface area (Å²) in [6, 6.07) is 10.9. The summed E-state index contributed by atoms with van der Waals surface area (Å²) in [5.74, 6) is -3.41. The third-order valence-electron chi connectivity index (χ3n) is 3.81. The van der Waals surface area contributed by atoms with Crippen LogP contribution in [0.4, 0.5) is 11.4 Å². The standard InChI is InChI=1S/C19H21Br2N3O3.C2H2O4/c1-12-7-15(20)19(16(21)8-12)23-18(26)11-24(2)10-17(25)22-13-5-4-6-14(9-13)27-3;3-1(4)2(5)6/h4-9H,10-11H2,1-3H3,(H,22,25)(H,23,26);(H,3,4)(H,5,6). The molecule has 4 N–H and O–H groups in total. The zero-order chi connectivity index (χ0) is 25.1. The van der Waals surface area contributed by atoms with E-state index in [0.717, 1.165) is 14.5 Å². The normalized spacial score (nSPS) is 10.0. The molecule has 0 unspecified atom stereocenters.